The first kappa shape index (κ1) is 9.84. The van der Waals surface area contributed by atoms with Crippen molar-refractivity contribution in [2.24, 2.45) is 0 Å². The molecule has 0 N–H and O–H groups in total. The smallest absolute Gasteiger partial charge is 0.284 e. The maximum Gasteiger partial charge on any atom is 0.284 e. The molecule has 2 heteroatoms. The van der Waals surface area contributed by atoms with Gasteiger partial charge in [0, 0.05) is 5.69 Å². The van der Waals surface area contributed by atoms with Gasteiger partial charge in [-0.25, -0.2) is 0 Å². The second-order valence-electron chi connectivity index (χ2n) is 3.49. The van der Waals surface area contributed by atoms with Crippen molar-refractivity contribution in [2.45, 2.75) is 0 Å². The van der Waals surface area contributed by atoms with Crippen molar-refractivity contribution in [3.8, 4) is 0 Å². The van der Waals surface area contributed by atoms with Crippen LogP contribution >= 0.6 is 0 Å². The van der Waals surface area contributed by atoms with Crippen molar-refractivity contribution in [1.82, 2.24) is 0 Å². The van der Waals surface area contributed by atoms with Crippen LogP contribution in [0.15, 0.2) is 60.7 Å². The van der Waals surface area contributed by atoms with Gasteiger partial charge in [0.05, 0.1) is 0 Å². The highest BCUT2D eigenvalue weighted by molar-refractivity contribution is 6.57. The molecule has 73 valence electrons. The minimum Gasteiger partial charge on any atom is -0.417 e. The molecule has 0 saturated heterocycles. The molecule has 0 heterocycles. The minimum atomic E-state index is 1.20. The van der Waals surface area contributed by atoms with Gasteiger partial charge in [0.1, 0.15) is 0 Å². The van der Waals surface area contributed by atoms with Crippen LogP contribution in [0.4, 0.5) is 5.69 Å². The van der Waals surface area contributed by atoms with Crippen molar-refractivity contribution in [1.29, 1.82) is 0 Å². The fourth-order valence-corrected chi connectivity index (χ4v) is 1.50. The SMILES string of the molecule is CN([B]c1ccccc1)c1ccccc1. The molecule has 2 aromatic carbocycles. The molecular weight excluding hydrogens is 181 g/mol. The summed E-state index contributed by atoms with van der Waals surface area (Å²) in [4.78, 5) is 2.12. The Morgan fingerprint density at radius 2 is 1.33 bits per heavy atom. The standard InChI is InChI=1S/C13H13BN/c1-15(13-10-6-3-7-11-13)14-12-8-4-2-5-9-12/h2-11H,1H3. The largest absolute Gasteiger partial charge is 0.417 e. The van der Waals surface area contributed by atoms with Gasteiger partial charge in [-0.1, -0.05) is 54.0 Å². The van der Waals surface area contributed by atoms with Gasteiger partial charge in [0.25, 0.3) is 7.41 Å². The van der Waals surface area contributed by atoms with E-state index >= 15 is 0 Å². The molecule has 0 saturated carbocycles. The van der Waals surface area contributed by atoms with E-state index in [1.165, 1.54) is 11.2 Å². The monoisotopic (exact) mass is 194 g/mol. The van der Waals surface area contributed by atoms with Crippen LogP contribution < -0.4 is 10.3 Å². The average Bonchev–Trinajstić information content (AvgIpc) is 2.31. The van der Waals surface area contributed by atoms with E-state index in [-0.39, 0.29) is 0 Å². The normalized spacial score (nSPS) is 9.67. The Kier molecular flexibility index (Phi) is 3.08. The molecule has 0 unspecified atom stereocenters. The van der Waals surface area contributed by atoms with Crippen molar-refractivity contribution in [2.75, 3.05) is 11.9 Å². The Labute approximate surface area is 91.6 Å². The van der Waals surface area contributed by atoms with Crippen LogP contribution in [0.2, 0.25) is 0 Å². The highest BCUT2D eigenvalue weighted by Gasteiger charge is 2.02. The zero-order valence-electron chi connectivity index (χ0n) is 8.80. The third-order valence-electron chi connectivity index (χ3n) is 2.31. The Bertz CT molecular complexity index is 399. The van der Waals surface area contributed by atoms with Crippen LogP contribution in [0.3, 0.4) is 0 Å². The van der Waals surface area contributed by atoms with E-state index in [1.807, 2.05) is 36.4 Å². The maximum absolute atomic E-state index is 2.12. The molecule has 0 fully saturated rings. The predicted octanol–water partition coefficient (Wildman–Crippen LogP) is 2.07. The first-order valence-corrected chi connectivity index (χ1v) is 5.04. The minimum absolute atomic E-state index is 1.20. The number of benzene rings is 2. The first-order chi connectivity index (χ1) is 7.36. The van der Waals surface area contributed by atoms with E-state index < -0.39 is 0 Å². The molecule has 0 aromatic heterocycles. The van der Waals surface area contributed by atoms with Gasteiger partial charge in [0.15, 0.2) is 0 Å². The zero-order chi connectivity index (χ0) is 10.5. The summed E-state index contributed by atoms with van der Waals surface area (Å²) in [5.74, 6) is 0. The van der Waals surface area contributed by atoms with E-state index in [0.717, 1.165) is 0 Å². The number of nitrogens with zero attached hydrogens (tertiary/aromatic N) is 1. The molecule has 0 atom stereocenters. The molecule has 0 aliphatic rings. The van der Waals surface area contributed by atoms with Crippen LogP contribution in [0.5, 0.6) is 0 Å². The molecule has 0 amide bonds. The molecule has 2 aromatic rings. The van der Waals surface area contributed by atoms with Gasteiger partial charge in [0.2, 0.25) is 0 Å². The Hall–Kier alpha value is -1.70. The van der Waals surface area contributed by atoms with Gasteiger partial charge >= 0.3 is 0 Å². The lowest BCUT2D eigenvalue weighted by molar-refractivity contribution is 1.33. The lowest BCUT2D eigenvalue weighted by atomic mass is 9.80. The topological polar surface area (TPSA) is 3.24 Å². The van der Waals surface area contributed by atoms with E-state index in [9.17, 15) is 0 Å². The fraction of sp³-hybridized carbons (Fsp3) is 0.0769. The lowest BCUT2D eigenvalue weighted by Crippen LogP contribution is -2.32. The van der Waals surface area contributed by atoms with Crippen molar-refractivity contribution in [3.63, 3.8) is 0 Å². The summed E-state index contributed by atoms with van der Waals surface area (Å²) in [5.41, 5.74) is 2.41. The predicted molar refractivity (Wildman–Crippen MR) is 66.7 cm³/mol. The number of anilines is 1. The molecule has 1 nitrogen and oxygen atoms in total. The second-order valence-corrected chi connectivity index (χ2v) is 3.49. The summed E-state index contributed by atoms with van der Waals surface area (Å²) < 4.78 is 0. The summed E-state index contributed by atoms with van der Waals surface area (Å²) in [7, 11) is 4.18. The summed E-state index contributed by atoms with van der Waals surface area (Å²) >= 11 is 0. The highest BCUT2D eigenvalue weighted by Crippen LogP contribution is 2.08. The first-order valence-electron chi connectivity index (χ1n) is 5.04. The molecule has 0 bridgehead atoms. The van der Waals surface area contributed by atoms with Gasteiger partial charge in [-0.05, 0) is 19.2 Å². The quantitative estimate of drug-likeness (QED) is 0.676. The second kappa shape index (κ2) is 4.69. The number of hydrogen-bond donors (Lipinski definition) is 0. The lowest BCUT2D eigenvalue weighted by Gasteiger charge is -2.17. The number of hydrogen-bond acceptors (Lipinski definition) is 1. The Morgan fingerprint density at radius 3 is 1.93 bits per heavy atom. The number of para-hydroxylation sites is 1. The Balaban J connectivity index is 2.08. The summed E-state index contributed by atoms with van der Waals surface area (Å²) in [6, 6.07) is 20.6. The molecule has 0 spiro atoms. The van der Waals surface area contributed by atoms with E-state index in [0.29, 0.717) is 0 Å². The maximum atomic E-state index is 2.12. The van der Waals surface area contributed by atoms with Gasteiger partial charge < -0.3 is 4.81 Å². The summed E-state index contributed by atoms with van der Waals surface area (Å²) in [6.07, 6.45) is 0. The van der Waals surface area contributed by atoms with Crippen LogP contribution in [0.1, 0.15) is 0 Å². The third-order valence-corrected chi connectivity index (χ3v) is 2.31. The Morgan fingerprint density at radius 1 is 0.800 bits per heavy atom. The van der Waals surface area contributed by atoms with Crippen molar-refractivity contribution < 1.29 is 0 Å². The van der Waals surface area contributed by atoms with E-state index in [1.54, 1.807) is 0 Å². The van der Waals surface area contributed by atoms with Crippen LogP contribution in [-0.2, 0) is 0 Å². The van der Waals surface area contributed by atoms with Crippen LogP contribution in [0.25, 0.3) is 0 Å². The molecule has 0 aliphatic heterocycles. The molecule has 2 rings (SSSR count). The van der Waals surface area contributed by atoms with Crippen LogP contribution in [0, 0.1) is 0 Å². The third kappa shape index (κ3) is 2.63. The van der Waals surface area contributed by atoms with Crippen molar-refractivity contribution >= 4 is 18.6 Å². The van der Waals surface area contributed by atoms with Gasteiger partial charge in [-0.15, -0.1) is 0 Å². The zero-order valence-corrected chi connectivity index (χ0v) is 8.80. The van der Waals surface area contributed by atoms with Crippen LogP contribution in [-0.4, -0.2) is 14.5 Å². The van der Waals surface area contributed by atoms with Crippen molar-refractivity contribution in [3.05, 3.63) is 60.7 Å². The van der Waals surface area contributed by atoms with E-state index in [2.05, 4.69) is 43.5 Å². The molecule has 0 aliphatic carbocycles. The molecule has 1 radical (unpaired) electrons. The highest BCUT2D eigenvalue weighted by atomic mass is 15.0. The fourth-order valence-electron chi connectivity index (χ4n) is 1.50. The average molecular weight is 194 g/mol. The summed E-state index contributed by atoms with van der Waals surface area (Å²) in [5, 5.41) is 0. The molecular formula is C13H13BN. The van der Waals surface area contributed by atoms with E-state index in [4.69, 9.17) is 0 Å². The number of rotatable bonds is 3. The van der Waals surface area contributed by atoms with Gasteiger partial charge in [-0.3, -0.25) is 0 Å². The molecule has 15 heavy (non-hydrogen) atoms. The van der Waals surface area contributed by atoms with Gasteiger partial charge in [-0.2, -0.15) is 0 Å². The summed E-state index contributed by atoms with van der Waals surface area (Å²) in [6.45, 7) is 0.